The second kappa shape index (κ2) is 5.08. The van der Waals surface area contributed by atoms with Gasteiger partial charge in [0.25, 0.3) is 0 Å². The molecular formula is C14H26N2O2. The van der Waals surface area contributed by atoms with Gasteiger partial charge in [0.1, 0.15) is 5.60 Å². The molecule has 2 atom stereocenters. The van der Waals surface area contributed by atoms with E-state index in [2.05, 4.69) is 0 Å². The second-order valence-corrected chi connectivity index (χ2v) is 6.72. The van der Waals surface area contributed by atoms with Crippen molar-refractivity contribution in [2.24, 2.45) is 17.6 Å². The molecule has 4 nitrogen and oxygen atoms in total. The Morgan fingerprint density at radius 2 is 1.94 bits per heavy atom. The zero-order valence-electron chi connectivity index (χ0n) is 11.8. The van der Waals surface area contributed by atoms with Crippen LogP contribution in [0.25, 0.3) is 0 Å². The van der Waals surface area contributed by atoms with Crippen molar-refractivity contribution in [3.05, 3.63) is 0 Å². The van der Waals surface area contributed by atoms with Crippen LogP contribution >= 0.6 is 0 Å². The molecule has 2 rings (SSSR count). The van der Waals surface area contributed by atoms with E-state index in [9.17, 15) is 4.79 Å². The van der Waals surface area contributed by atoms with Crippen LogP contribution in [-0.4, -0.2) is 35.7 Å². The third kappa shape index (κ3) is 3.37. The number of piperidine rings is 1. The lowest BCUT2D eigenvalue weighted by molar-refractivity contribution is 0.000299. The molecule has 1 aliphatic heterocycles. The summed E-state index contributed by atoms with van der Waals surface area (Å²) in [4.78, 5) is 14.2. The van der Waals surface area contributed by atoms with Crippen molar-refractivity contribution in [1.29, 1.82) is 0 Å². The summed E-state index contributed by atoms with van der Waals surface area (Å²) in [5.74, 6) is 1.14. The lowest BCUT2D eigenvalue weighted by Gasteiger charge is -2.40. The number of ether oxygens (including phenoxy) is 1. The van der Waals surface area contributed by atoms with Gasteiger partial charge in [0.15, 0.2) is 0 Å². The van der Waals surface area contributed by atoms with E-state index >= 15 is 0 Å². The van der Waals surface area contributed by atoms with Gasteiger partial charge < -0.3 is 15.4 Å². The summed E-state index contributed by atoms with van der Waals surface area (Å²) in [7, 11) is 0. The number of likely N-dealkylation sites (tertiary alicyclic amines) is 1. The van der Waals surface area contributed by atoms with Crippen LogP contribution in [0.2, 0.25) is 0 Å². The maximum absolute atomic E-state index is 12.3. The molecule has 4 heteroatoms. The van der Waals surface area contributed by atoms with Crippen LogP contribution in [0.15, 0.2) is 0 Å². The van der Waals surface area contributed by atoms with Gasteiger partial charge in [0.05, 0.1) is 0 Å². The lowest BCUT2D eigenvalue weighted by Crippen LogP contribution is -2.50. The van der Waals surface area contributed by atoms with Crippen molar-refractivity contribution >= 4 is 6.09 Å². The first-order valence-electron chi connectivity index (χ1n) is 7.10. The highest BCUT2D eigenvalue weighted by molar-refractivity contribution is 5.68. The van der Waals surface area contributed by atoms with E-state index < -0.39 is 5.60 Å². The maximum Gasteiger partial charge on any atom is 0.410 e. The Morgan fingerprint density at radius 3 is 2.44 bits per heavy atom. The van der Waals surface area contributed by atoms with E-state index in [1.807, 2.05) is 25.7 Å². The number of hydrogen-bond donors (Lipinski definition) is 1. The average molecular weight is 254 g/mol. The number of rotatable bonds is 2. The predicted molar refractivity (Wildman–Crippen MR) is 71.2 cm³/mol. The molecule has 2 fully saturated rings. The van der Waals surface area contributed by atoms with Crippen LogP contribution in [0.4, 0.5) is 4.79 Å². The molecule has 1 amide bonds. The smallest absolute Gasteiger partial charge is 0.410 e. The van der Waals surface area contributed by atoms with Crippen LogP contribution in [0.1, 0.15) is 46.5 Å². The summed E-state index contributed by atoms with van der Waals surface area (Å²) in [5.41, 5.74) is 5.34. The molecule has 0 aromatic rings. The minimum Gasteiger partial charge on any atom is -0.444 e. The fraction of sp³-hybridized carbons (Fsp3) is 0.929. The van der Waals surface area contributed by atoms with Crippen LogP contribution in [0.5, 0.6) is 0 Å². The van der Waals surface area contributed by atoms with Gasteiger partial charge in [-0.3, -0.25) is 0 Å². The number of amides is 1. The first-order chi connectivity index (χ1) is 8.40. The van der Waals surface area contributed by atoms with Gasteiger partial charge in [-0.05, 0) is 64.8 Å². The molecule has 2 N–H and O–H groups in total. The van der Waals surface area contributed by atoms with Crippen molar-refractivity contribution in [3.8, 4) is 0 Å². The molecule has 1 aliphatic carbocycles. The monoisotopic (exact) mass is 254 g/mol. The standard InChI is InChI=1S/C14H26N2O2/c1-14(2,3)18-13(17)16-9-10(8-15)4-7-12(16)11-5-6-11/h10-12H,4-9,15H2,1-3H3. The summed E-state index contributed by atoms with van der Waals surface area (Å²) in [5, 5.41) is 0. The summed E-state index contributed by atoms with van der Waals surface area (Å²) in [6.07, 6.45) is 4.61. The molecule has 0 aromatic heterocycles. The Morgan fingerprint density at radius 1 is 1.28 bits per heavy atom. The van der Waals surface area contributed by atoms with Gasteiger partial charge >= 0.3 is 6.09 Å². The van der Waals surface area contributed by atoms with Gasteiger partial charge in [0, 0.05) is 12.6 Å². The third-order valence-electron chi connectivity index (χ3n) is 3.85. The highest BCUT2D eigenvalue weighted by atomic mass is 16.6. The van der Waals surface area contributed by atoms with Gasteiger partial charge in [-0.1, -0.05) is 0 Å². The SMILES string of the molecule is CC(C)(C)OC(=O)N1CC(CN)CCC1C1CC1. The van der Waals surface area contributed by atoms with Gasteiger partial charge in [-0.15, -0.1) is 0 Å². The molecule has 1 heterocycles. The van der Waals surface area contributed by atoms with Crippen molar-refractivity contribution < 1.29 is 9.53 Å². The maximum atomic E-state index is 12.3. The summed E-state index contributed by atoms with van der Waals surface area (Å²) < 4.78 is 5.52. The molecular weight excluding hydrogens is 228 g/mol. The Bertz CT molecular complexity index is 307. The molecule has 2 unspecified atom stereocenters. The molecule has 1 saturated carbocycles. The number of carbonyl (C=O) groups is 1. The predicted octanol–water partition coefficient (Wildman–Crippen LogP) is 2.37. The lowest BCUT2D eigenvalue weighted by atomic mass is 9.91. The Labute approximate surface area is 110 Å². The number of nitrogens with two attached hydrogens (primary N) is 1. The van der Waals surface area contributed by atoms with Gasteiger partial charge in [0.2, 0.25) is 0 Å². The number of carbonyl (C=O) groups excluding carboxylic acids is 1. The minimum atomic E-state index is -0.416. The highest BCUT2D eigenvalue weighted by Crippen LogP contribution is 2.40. The van der Waals surface area contributed by atoms with E-state index in [1.165, 1.54) is 12.8 Å². The minimum absolute atomic E-state index is 0.155. The Balaban J connectivity index is 2.02. The molecule has 1 saturated heterocycles. The fourth-order valence-corrected chi connectivity index (χ4v) is 2.76. The van der Waals surface area contributed by atoms with E-state index in [-0.39, 0.29) is 6.09 Å². The molecule has 0 spiro atoms. The van der Waals surface area contributed by atoms with Crippen molar-refractivity contribution in [2.45, 2.75) is 58.1 Å². The molecule has 104 valence electrons. The first-order valence-corrected chi connectivity index (χ1v) is 7.10. The average Bonchev–Trinajstić information content (AvgIpc) is 3.09. The normalized spacial score (nSPS) is 29.2. The molecule has 0 radical (unpaired) electrons. The third-order valence-corrected chi connectivity index (χ3v) is 3.85. The number of nitrogens with zero attached hydrogens (tertiary/aromatic N) is 1. The van der Waals surface area contributed by atoms with Crippen molar-refractivity contribution in [2.75, 3.05) is 13.1 Å². The highest BCUT2D eigenvalue weighted by Gasteiger charge is 2.41. The molecule has 2 aliphatic rings. The summed E-state index contributed by atoms with van der Waals surface area (Å²) >= 11 is 0. The van der Waals surface area contributed by atoms with E-state index in [4.69, 9.17) is 10.5 Å². The molecule has 0 bridgehead atoms. The zero-order valence-corrected chi connectivity index (χ0v) is 11.8. The number of hydrogen-bond acceptors (Lipinski definition) is 3. The fourth-order valence-electron chi connectivity index (χ4n) is 2.76. The van der Waals surface area contributed by atoms with E-state index in [1.54, 1.807) is 0 Å². The van der Waals surface area contributed by atoms with Crippen LogP contribution in [-0.2, 0) is 4.74 Å². The Hall–Kier alpha value is -0.770. The van der Waals surface area contributed by atoms with E-state index in [0.717, 1.165) is 19.4 Å². The van der Waals surface area contributed by atoms with Gasteiger partial charge in [-0.25, -0.2) is 4.79 Å². The zero-order chi connectivity index (χ0) is 13.3. The largest absolute Gasteiger partial charge is 0.444 e. The van der Waals surface area contributed by atoms with E-state index in [0.29, 0.717) is 24.4 Å². The van der Waals surface area contributed by atoms with Crippen LogP contribution in [0.3, 0.4) is 0 Å². The van der Waals surface area contributed by atoms with Crippen molar-refractivity contribution in [3.63, 3.8) is 0 Å². The first kappa shape index (κ1) is 13.7. The second-order valence-electron chi connectivity index (χ2n) is 6.72. The summed E-state index contributed by atoms with van der Waals surface area (Å²) in [6.45, 7) is 7.19. The quantitative estimate of drug-likeness (QED) is 0.823. The summed E-state index contributed by atoms with van der Waals surface area (Å²) in [6, 6.07) is 0.391. The Kier molecular flexibility index (Phi) is 3.85. The van der Waals surface area contributed by atoms with Crippen LogP contribution < -0.4 is 5.73 Å². The topological polar surface area (TPSA) is 55.6 Å². The molecule has 18 heavy (non-hydrogen) atoms. The van der Waals surface area contributed by atoms with Crippen LogP contribution in [0, 0.1) is 11.8 Å². The van der Waals surface area contributed by atoms with Gasteiger partial charge in [-0.2, -0.15) is 0 Å². The molecule has 0 aromatic carbocycles. The van der Waals surface area contributed by atoms with Crippen molar-refractivity contribution in [1.82, 2.24) is 4.90 Å².